The molecule has 0 spiro atoms. The highest BCUT2D eigenvalue weighted by molar-refractivity contribution is 6.28. The minimum atomic E-state index is -2.27. The third-order valence-corrected chi connectivity index (χ3v) is 5.59. The first kappa shape index (κ1) is 20.0. The predicted octanol–water partition coefficient (Wildman–Crippen LogP) is 5.60. The van der Waals surface area contributed by atoms with Gasteiger partial charge >= 0.3 is 0 Å². The minimum Gasteiger partial charge on any atom is -0.358 e. The van der Waals surface area contributed by atoms with Crippen LogP contribution in [0.3, 0.4) is 0 Å². The lowest BCUT2D eigenvalue weighted by Crippen LogP contribution is -2.37. The Morgan fingerprint density at radius 2 is 1.40 bits per heavy atom. The van der Waals surface area contributed by atoms with E-state index in [-0.39, 0.29) is 5.71 Å². The van der Waals surface area contributed by atoms with Crippen LogP contribution in [0.15, 0.2) is 78.9 Å². The van der Waals surface area contributed by atoms with Gasteiger partial charge in [-0.05, 0) is 65.8 Å². The van der Waals surface area contributed by atoms with Crippen LogP contribution < -0.4 is 0 Å². The van der Waals surface area contributed by atoms with Crippen LogP contribution in [-0.4, -0.2) is 21.7 Å². The Morgan fingerprint density at radius 3 is 2.07 bits per heavy atom. The summed E-state index contributed by atoms with van der Waals surface area (Å²) in [5.74, 6) is -2.27. The molecule has 0 aromatic heterocycles. The van der Waals surface area contributed by atoms with Crippen molar-refractivity contribution >= 4 is 11.3 Å². The second-order valence-electron chi connectivity index (χ2n) is 7.91. The van der Waals surface area contributed by atoms with Crippen molar-refractivity contribution in [1.29, 1.82) is 5.41 Å². The quantitative estimate of drug-likeness (QED) is 0.506. The molecule has 0 atom stereocenters. The Labute approximate surface area is 177 Å². The average molecular weight is 396 g/mol. The molecule has 1 aliphatic carbocycles. The Kier molecular flexibility index (Phi) is 5.02. The van der Waals surface area contributed by atoms with Gasteiger partial charge < -0.3 is 10.2 Å². The van der Waals surface area contributed by atoms with Crippen molar-refractivity contribution in [3.63, 3.8) is 0 Å². The van der Waals surface area contributed by atoms with Gasteiger partial charge in [0.05, 0.1) is 0 Å². The van der Waals surface area contributed by atoms with Crippen molar-refractivity contribution in [1.82, 2.24) is 0 Å². The lowest BCUT2D eigenvalue weighted by Gasteiger charge is -2.26. The van der Waals surface area contributed by atoms with E-state index in [0.29, 0.717) is 5.57 Å². The summed E-state index contributed by atoms with van der Waals surface area (Å²) in [6.07, 6.45) is 4.59. The monoisotopic (exact) mass is 395 g/mol. The summed E-state index contributed by atoms with van der Waals surface area (Å²) in [6, 6.07) is 20.4. The fourth-order valence-electron chi connectivity index (χ4n) is 4.37. The largest absolute Gasteiger partial charge is 0.358 e. The second kappa shape index (κ2) is 7.52. The van der Waals surface area contributed by atoms with Gasteiger partial charge in [0, 0.05) is 5.57 Å². The maximum Gasteiger partial charge on any atom is 0.227 e. The van der Waals surface area contributed by atoms with E-state index in [1.807, 2.05) is 30.3 Å². The molecule has 1 aliphatic rings. The van der Waals surface area contributed by atoms with Gasteiger partial charge in [-0.2, -0.15) is 0 Å². The molecule has 30 heavy (non-hydrogen) atoms. The average Bonchev–Trinajstić information content (AvgIpc) is 2.70. The molecule has 0 radical (unpaired) electrons. The fraction of sp³-hybridized carbons (Fsp3) is 0.148. The summed E-state index contributed by atoms with van der Waals surface area (Å²) < 4.78 is 0. The summed E-state index contributed by atoms with van der Waals surface area (Å²) in [5, 5.41) is 28.9. The van der Waals surface area contributed by atoms with E-state index < -0.39 is 5.79 Å². The fourth-order valence-corrected chi connectivity index (χ4v) is 4.37. The zero-order chi connectivity index (χ0) is 21.5. The van der Waals surface area contributed by atoms with Crippen molar-refractivity contribution in [2.75, 3.05) is 0 Å². The molecule has 0 aliphatic heterocycles. The number of hydrogen-bond acceptors (Lipinski definition) is 3. The Bertz CT molecular complexity index is 1180. The van der Waals surface area contributed by atoms with Crippen LogP contribution >= 0.6 is 0 Å². The maximum absolute atomic E-state index is 10.2. The van der Waals surface area contributed by atoms with Gasteiger partial charge in [-0.1, -0.05) is 78.4 Å². The van der Waals surface area contributed by atoms with E-state index in [1.165, 1.54) is 28.3 Å². The predicted molar refractivity (Wildman–Crippen MR) is 124 cm³/mol. The van der Waals surface area contributed by atoms with Gasteiger partial charge in [-0.25, -0.2) is 0 Å². The molecule has 150 valence electrons. The molecule has 0 heterocycles. The van der Waals surface area contributed by atoms with Crippen molar-refractivity contribution in [3.8, 4) is 22.3 Å². The van der Waals surface area contributed by atoms with Crippen molar-refractivity contribution in [2.24, 2.45) is 0 Å². The number of aryl methyl sites for hydroxylation is 3. The molecule has 0 saturated heterocycles. The summed E-state index contributed by atoms with van der Waals surface area (Å²) in [6.45, 7) is 6.34. The number of hydrogen-bond donors (Lipinski definition) is 3. The molecule has 0 amide bonds. The smallest absolute Gasteiger partial charge is 0.227 e. The summed E-state index contributed by atoms with van der Waals surface area (Å²) in [7, 11) is 0. The number of benzene rings is 3. The van der Waals surface area contributed by atoms with Crippen LogP contribution in [0.1, 0.15) is 22.3 Å². The summed E-state index contributed by atoms with van der Waals surface area (Å²) in [5.41, 5.74) is 8.92. The molecule has 0 fully saturated rings. The van der Waals surface area contributed by atoms with E-state index in [2.05, 4.69) is 51.1 Å². The Hall–Kier alpha value is -3.27. The first-order valence-electron chi connectivity index (χ1n) is 10.0. The molecule has 3 nitrogen and oxygen atoms in total. The molecule has 4 rings (SSSR count). The standard InChI is InChI=1S/C27H25NO2/c1-17-15-18(2)24(19(3)16-17)23-12-7-11-21(25(23)20-9-5-4-6-10-20)22-13-8-14-27(29,30)26(22)28/h4-16,28-30H,1-3H3. The lowest BCUT2D eigenvalue weighted by atomic mass is 9.81. The highest BCUT2D eigenvalue weighted by Crippen LogP contribution is 2.42. The summed E-state index contributed by atoms with van der Waals surface area (Å²) in [4.78, 5) is 0. The van der Waals surface area contributed by atoms with Gasteiger partial charge in [0.25, 0.3) is 0 Å². The first-order valence-corrected chi connectivity index (χ1v) is 10.0. The molecule has 0 saturated carbocycles. The van der Waals surface area contributed by atoms with E-state index >= 15 is 0 Å². The number of rotatable bonds is 3. The lowest BCUT2D eigenvalue weighted by molar-refractivity contribution is -0.0551. The van der Waals surface area contributed by atoms with Crippen molar-refractivity contribution in [2.45, 2.75) is 26.6 Å². The van der Waals surface area contributed by atoms with Crippen molar-refractivity contribution in [3.05, 3.63) is 101 Å². The van der Waals surface area contributed by atoms with Gasteiger partial charge in [-0.3, -0.25) is 5.41 Å². The topological polar surface area (TPSA) is 64.3 Å². The molecule has 3 aromatic rings. The van der Waals surface area contributed by atoms with Gasteiger partial charge in [-0.15, -0.1) is 0 Å². The van der Waals surface area contributed by atoms with E-state index in [1.54, 1.807) is 12.2 Å². The zero-order valence-corrected chi connectivity index (χ0v) is 17.4. The minimum absolute atomic E-state index is 0.225. The zero-order valence-electron chi connectivity index (χ0n) is 17.4. The van der Waals surface area contributed by atoms with Crippen LogP contribution in [0.5, 0.6) is 0 Å². The SMILES string of the molecule is Cc1cc(C)c(-c2cccc(C3=CC=CC(O)(O)C3=N)c2-c2ccccc2)c(C)c1. The van der Waals surface area contributed by atoms with Crippen LogP contribution in [0.25, 0.3) is 27.8 Å². The Balaban J connectivity index is 2.06. The highest BCUT2D eigenvalue weighted by atomic mass is 16.5. The van der Waals surface area contributed by atoms with Gasteiger partial charge in [0.15, 0.2) is 0 Å². The first-order chi connectivity index (χ1) is 14.3. The number of nitrogens with one attached hydrogen (secondary N) is 1. The van der Waals surface area contributed by atoms with Gasteiger partial charge in [0.2, 0.25) is 5.79 Å². The Morgan fingerprint density at radius 1 is 0.767 bits per heavy atom. The van der Waals surface area contributed by atoms with E-state index in [9.17, 15) is 10.2 Å². The summed E-state index contributed by atoms with van der Waals surface area (Å²) >= 11 is 0. The normalized spacial score (nSPS) is 15.2. The van der Waals surface area contributed by atoms with Crippen molar-refractivity contribution < 1.29 is 10.2 Å². The van der Waals surface area contributed by atoms with Crippen LogP contribution in [0, 0.1) is 26.2 Å². The third kappa shape index (κ3) is 3.43. The molecule has 0 unspecified atom stereocenters. The van der Waals surface area contributed by atoms with E-state index in [0.717, 1.165) is 22.3 Å². The van der Waals surface area contributed by atoms with Crippen LogP contribution in [0.2, 0.25) is 0 Å². The molecule has 3 N–H and O–H groups in total. The number of aliphatic hydroxyl groups is 2. The molecule has 3 heteroatoms. The second-order valence-corrected chi connectivity index (χ2v) is 7.91. The molecule has 0 bridgehead atoms. The maximum atomic E-state index is 10.2. The molecular formula is C27H25NO2. The molecular weight excluding hydrogens is 370 g/mol. The number of allylic oxidation sites excluding steroid dienone is 2. The molecule has 3 aromatic carbocycles. The van der Waals surface area contributed by atoms with Gasteiger partial charge in [0.1, 0.15) is 5.71 Å². The van der Waals surface area contributed by atoms with Crippen LogP contribution in [0.4, 0.5) is 0 Å². The van der Waals surface area contributed by atoms with E-state index in [4.69, 9.17) is 5.41 Å². The third-order valence-electron chi connectivity index (χ3n) is 5.59. The highest BCUT2D eigenvalue weighted by Gasteiger charge is 2.32. The van der Waals surface area contributed by atoms with Crippen LogP contribution in [-0.2, 0) is 0 Å².